The Hall–Kier alpha value is -3.83. The molecule has 0 radical (unpaired) electrons. The van der Waals surface area contributed by atoms with E-state index in [0.717, 1.165) is 22.8 Å². The van der Waals surface area contributed by atoms with Gasteiger partial charge in [-0.25, -0.2) is 9.37 Å². The maximum absolute atomic E-state index is 13.8. The van der Waals surface area contributed by atoms with Gasteiger partial charge in [0.2, 0.25) is 0 Å². The summed E-state index contributed by atoms with van der Waals surface area (Å²) in [7, 11) is 0. The van der Waals surface area contributed by atoms with Gasteiger partial charge in [-0.2, -0.15) is 13.2 Å². The lowest BCUT2D eigenvalue weighted by atomic mass is 10.0. The lowest BCUT2D eigenvalue weighted by Gasteiger charge is -2.40. The van der Waals surface area contributed by atoms with Crippen molar-refractivity contribution in [3.8, 4) is 0 Å². The lowest BCUT2D eigenvalue weighted by Crippen LogP contribution is -2.46. The van der Waals surface area contributed by atoms with Crippen LogP contribution in [0.25, 0.3) is 10.9 Å². The summed E-state index contributed by atoms with van der Waals surface area (Å²) in [6.07, 6.45) is -2.84. The van der Waals surface area contributed by atoms with Crippen LogP contribution < -0.4 is 15.1 Å². The van der Waals surface area contributed by atoms with Crippen LogP contribution in [0.15, 0.2) is 60.9 Å². The van der Waals surface area contributed by atoms with Gasteiger partial charge in [-0.1, -0.05) is 12.1 Å². The SMILES string of the molecule is Cc1c(Nc2ccc3c(F)c[nH]c3c2)ccnc1N1CCC(N(CCO)c2cccc(C(O)C(F)(F)F)c2)CC1. The van der Waals surface area contributed by atoms with E-state index < -0.39 is 12.3 Å². The molecule has 3 heterocycles. The summed E-state index contributed by atoms with van der Waals surface area (Å²) in [5.74, 6) is 0.538. The molecule has 212 valence electrons. The normalized spacial score (nSPS) is 15.4. The maximum Gasteiger partial charge on any atom is 0.418 e. The second-order valence-corrected chi connectivity index (χ2v) is 10.0. The van der Waals surface area contributed by atoms with E-state index in [2.05, 4.69) is 20.2 Å². The molecule has 11 heteroatoms. The lowest BCUT2D eigenvalue weighted by molar-refractivity contribution is -0.206. The zero-order valence-electron chi connectivity index (χ0n) is 21.9. The average Bonchev–Trinajstić information content (AvgIpc) is 3.32. The van der Waals surface area contributed by atoms with E-state index in [1.165, 1.54) is 24.4 Å². The number of rotatable bonds is 8. The predicted molar refractivity (Wildman–Crippen MR) is 148 cm³/mol. The van der Waals surface area contributed by atoms with Crippen molar-refractivity contribution < 1.29 is 27.8 Å². The summed E-state index contributed by atoms with van der Waals surface area (Å²) in [5.41, 5.74) is 3.65. The van der Waals surface area contributed by atoms with Crippen LogP contribution >= 0.6 is 0 Å². The van der Waals surface area contributed by atoms with Crippen LogP contribution in [0.5, 0.6) is 0 Å². The Morgan fingerprint density at radius 1 is 1.15 bits per heavy atom. The third-order valence-electron chi connectivity index (χ3n) is 7.46. The molecule has 4 aromatic rings. The number of pyridine rings is 1. The molecule has 2 aromatic carbocycles. The molecule has 1 saturated heterocycles. The van der Waals surface area contributed by atoms with E-state index in [1.807, 2.05) is 30.0 Å². The van der Waals surface area contributed by atoms with Crippen molar-refractivity contribution in [1.29, 1.82) is 0 Å². The molecule has 5 rings (SSSR count). The molecule has 1 atom stereocenters. The van der Waals surface area contributed by atoms with Gasteiger partial charge < -0.3 is 30.3 Å². The summed E-state index contributed by atoms with van der Waals surface area (Å²) >= 11 is 0. The Bertz CT molecular complexity index is 1470. The van der Waals surface area contributed by atoms with Gasteiger partial charge in [0.25, 0.3) is 0 Å². The minimum Gasteiger partial charge on any atom is -0.395 e. The van der Waals surface area contributed by atoms with Gasteiger partial charge in [0.15, 0.2) is 6.10 Å². The van der Waals surface area contributed by atoms with E-state index >= 15 is 0 Å². The van der Waals surface area contributed by atoms with Gasteiger partial charge in [0, 0.05) is 66.1 Å². The summed E-state index contributed by atoms with van der Waals surface area (Å²) in [6.45, 7) is 3.44. The van der Waals surface area contributed by atoms with Crippen LogP contribution in [-0.4, -0.2) is 58.6 Å². The average molecular weight is 558 g/mol. The zero-order valence-corrected chi connectivity index (χ0v) is 21.9. The van der Waals surface area contributed by atoms with Crippen molar-refractivity contribution in [3.63, 3.8) is 0 Å². The molecular weight excluding hydrogens is 526 g/mol. The third kappa shape index (κ3) is 5.71. The van der Waals surface area contributed by atoms with Gasteiger partial charge in [0.1, 0.15) is 11.6 Å². The molecule has 7 nitrogen and oxygen atoms in total. The maximum atomic E-state index is 13.8. The van der Waals surface area contributed by atoms with Crippen molar-refractivity contribution in [2.24, 2.45) is 0 Å². The first-order valence-corrected chi connectivity index (χ1v) is 13.1. The standard InChI is InChI=1S/C29H31F4N5O2/c1-18-25(36-20-5-6-23-24(30)17-35-26(23)16-20)7-10-34-28(18)37-11-8-21(9-12-37)38(13-14-39)22-4-2-3-19(15-22)27(40)29(31,32)33/h2-7,10,15-17,21,27,35,39-40H,8-9,11-14H2,1H3,(H,34,36). The number of nitrogens with one attached hydrogen (secondary N) is 2. The zero-order chi connectivity index (χ0) is 28.4. The van der Waals surface area contributed by atoms with Crippen molar-refractivity contribution in [1.82, 2.24) is 9.97 Å². The molecule has 1 aliphatic rings. The van der Waals surface area contributed by atoms with Crippen LogP contribution in [0.1, 0.15) is 30.1 Å². The van der Waals surface area contributed by atoms with Crippen LogP contribution in [0.3, 0.4) is 0 Å². The number of halogens is 4. The summed E-state index contributed by atoms with van der Waals surface area (Å²) < 4.78 is 53.1. The molecular formula is C29H31F4N5O2. The topological polar surface area (TPSA) is 87.7 Å². The van der Waals surface area contributed by atoms with Crippen molar-refractivity contribution in [2.45, 2.75) is 38.1 Å². The monoisotopic (exact) mass is 557 g/mol. The quantitative estimate of drug-likeness (QED) is 0.204. The molecule has 0 aliphatic carbocycles. The van der Waals surface area contributed by atoms with Gasteiger partial charge in [-0.15, -0.1) is 0 Å². The molecule has 2 aromatic heterocycles. The Balaban J connectivity index is 1.29. The van der Waals surface area contributed by atoms with Gasteiger partial charge >= 0.3 is 6.18 Å². The second kappa shape index (κ2) is 11.3. The molecule has 0 saturated carbocycles. The number of aromatic nitrogens is 2. The Morgan fingerprint density at radius 2 is 1.93 bits per heavy atom. The summed E-state index contributed by atoms with van der Waals surface area (Å²) in [4.78, 5) is 11.6. The number of hydrogen-bond donors (Lipinski definition) is 4. The van der Waals surface area contributed by atoms with Crippen LogP contribution in [0, 0.1) is 12.7 Å². The minimum absolute atomic E-state index is 0.00351. The number of aliphatic hydroxyl groups is 2. The van der Waals surface area contributed by atoms with Crippen molar-refractivity contribution in [2.75, 3.05) is 41.4 Å². The Labute approximate surface area is 229 Å². The number of H-pyrrole nitrogens is 1. The fraction of sp³-hybridized carbons (Fsp3) is 0.345. The number of aliphatic hydroxyl groups excluding tert-OH is 2. The van der Waals surface area contributed by atoms with E-state index in [1.54, 1.807) is 18.3 Å². The molecule has 0 spiro atoms. The number of piperidine rings is 1. The Kier molecular flexibility index (Phi) is 7.86. The molecule has 0 bridgehead atoms. The highest BCUT2D eigenvalue weighted by Crippen LogP contribution is 2.35. The van der Waals surface area contributed by atoms with Crippen molar-refractivity contribution in [3.05, 3.63) is 77.9 Å². The fourth-order valence-electron chi connectivity index (χ4n) is 5.39. The van der Waals surface area contributed by atoms with E-state index in [9.17, 15) is 27.8 Å². The minimum atomic E-state index is -4.76. The number of aromatic amines is 1. The smallest absolute Gasteiger partial charge is 0.395 e. The number of hydrogen-bond acceptors (Lipinski definition) is 6. The molecule has 1 aliphatic heterocycles. The van der Waals surface area contributed by atoms with Gasteiger partial charge in [0.05, 0.1) is 12.1 Å². The first-order chi connectivity index (χ1) is 19.2. The molecule has 4 N–H and O–H groups in total. The third-order valence-corrected chi connectivity index (χ3v) is 7.46. The number of alkyl halides is 3. The largest absolute Gasteiger partial charge is 0.418 e. The highest BCUT2D eigenvalue weighted by Gasteiger charge is 2.39. The first kappa shape index (κ1) is 27.7. The number of benzene rings is 2. The summed E-state index contributed by atoms with van der Waals surface area (Å²) in [5, 5.41) is 23.3. The molecule has 40 heavy (non-hydrogen) atoms. The second-order valence-electron chi connectivity index (χ2n) is 10.0. The van der Waals surface area contributed by atoms with Crippen LogP contribution in [0.2, 0.25) is 0 Å². The van der Waals surface area contributed by atoms with E-state index in [4.69, 9.17) is 0 Å². The first-order valence-electron chi connectivity index (χ1n) is 13.1. The molecule has 1 fully saturated rings. The number of anilines is 4. The molecule has 0 amide bonds. The fourth-order valence-corrected chi connectivity index (χ4v) is 5.39. The number of nitrogens with zero attached hydrogens (tertiary/aromatic N) is 3. The van der Waals surface area contributed by atoms with Crippen LogP contribution in [0.4, 0.5) is 40.4 Å². The highest BCUT2D eigenvalue weighted by atomic mass is 19.4. The van der Waals surface area contributed by atoms with Crippen molar-refractivity contribution >= 4 is 33.8 Å². The van der Waals surface area contributed by atoms with Gasteiger partial charge in [-0.05, 0) is 61.7 Å². The van der Waals surface area contributed by atoms with E-state index in [0.29, 0.717) is 42.5 Å². The number of fused-ring (bicyclic) bond motifs is 1. The van der Waals surface area contributed by atoms with E-state index in [-0.39, 0.29) is 30.6 Å². The van der Waals surface area contributed by atoms with Crippen LogP contribution in [-0.2, 0) is 0 Å². The molecule has 1 unspecified atom stereocenters. The van der Waals surface area contributed by atoms with Gasteiger partial charge in [-0.3, -0.25) is 0 Å². The Morgan fingerprint density at radius 3 is 2.65 bits per heavy atom. The highest BCUT2D eigenvalue weighted by molar-refractivity contribution is 5.85. The summed E-state index contributed by atoms with van der Waals surface area (Å²) in [6, 6.07) is 13.1. The predicted octanol–water partition coefficient (Wildman–Crippen LogP) is 5.82.